The average Bonchev–Trinajstić information content (AvgIpc) is 3.65. The molecular formula is C25H30N4O4. The number of nitrogens with two attached hydrogens (primary N) is 1. The molecule has 3 aromatic rings. The van der Waals surface area contributed by atoms with Crippen molar-refractivity contribution >= 4 is 28.2 Å². The summed E-state index contributed by atoms with van der Waals surface area (Å²) < 4.78 is 11.4. The van der Waals surface area contributed by atoms with E-state index in [0.29, 0.717) is 40.7 Å². The minimum atomic E-state index is -0.657. The van der Waals surface area contributed by atoms with Crippen LogP contribution < -0.4 is 25.8 Å². The molecule has 1 aromatic heterocycles. The zero-order valence-corrected chi connectivity index (χ0v) is 18.9. The van der Waals surface area contributed by atoms with Crippen LogP contribution >= 0.6 is 0 Å². The van der Waals surface area contributed by atoms with Crippen molar-refractivity contribution in [1.29, 1.82) is 0 Å². The number of amides is 1. The molecule has 1 fully saturated rings. The normalized spacial score (nSPS) is 14.2. The maximum absolute atomic E-state index is 12.2. The molecule has 1 amide bonds. The maximum atomic E-state index is 12.2. The van der Waals surface area contributed by atoms with E-state index in [9.17, 15) is 9.90 Å². The number of carbonyl (C=O) groups excluding carboxylic acids is 1. The van der Waals surface area contributed by atoms with Gasteiger partial charge in [0.25, 0.3) is 5.91 Å². The predicted molar refractivity (Wildman–Crippen MR) is 128 cm³/mol. The molecule has 1 heterocycles. The van der Waals surface area contributed by atoms with E-state index in [1.807, 2.05) is 24.3 Å². The third-order valence-electron chi connectivity index (χ3n) is 5.73. The van der Waals surface area contributed by atoms with E-state index in [1.54, 1.807) is 19.2 Å². The number of fused-ring (bicyclic) bond motifs is 1. The summed E-state index contributed by atoms with van der Waals surface area (Å²) in [5, 5.41) is 17.6. The number of aliphatic hydroxyl groups is 1. The van der Waals surface area contributed by atoms with Crippen molar-refractivity contribution in [2.75, 3.05) is 25.6 Å². The molecule has 5 N–H and O–H groups in total. The molecule has 4 rings (SSSR count). The molecular weight excluding hydrogens is 420 g/mol. The monoisotopic (exact) mass is 450 g/mol. The van der Waals surface area contributed by atoms with Gasteiger partial charge in [-0.2, -0.15) is 0 Å². The van der Waals surface area contributed by atoms with Crippen molar-refractivity contribution in [3.63, 3.8) is 0 Å². The Morgan fingerprint density at radius 3 is 2.76 bits per heavy atom. The van der Waals surface area contributed by atoms with E-state index in [2.05, 4.69) is 22.5 Å². The third-order valence-corrected chi connectivity index (χ3v) is 5.73. The van der Waals surface area contributed by atoms with Crippen LogP contribution in [0.25, 0.3) is 10.9 Å². The van der Waals surface area contributed by atoms with E-state index in [-0.39, 0.29) is 12.2 Å². The second-order valence-corrected chi connectivity index (χ2v) is 8.21. The van der Waals surface area contributed by atoms with Gasteiger partial charge in [0.05, 0.1) is 23.9 Å². The summed E-state index contributed by atoms with van der Waals surface area (Å²) in [7, 11) is 1.55. The SMILES string of the molecule is CCc1ccccc1Nc1c(C(N)=O)cnc2cc(OC)c(OC[C@H](O)CNC3CC3)cc12. The second-order valence-electron chi connectivity index (χ2n) is 8.21. The molecule has 2 aromatic carbocycles. The van der Waals surface area contributed by atoms with Gasteiger partial charge in [-0.15, -0.1) is 0 Å². The fourth-order valence-electron chi connectivity index (χ4n) is 3.71. The molecule has 0 saturated heterocycles. The van der Waals surface area contributed by atoms with E-state index in [0.717, 1.165) is 30.5 Å². The molecule has 33 heavy (non-hydrogen) atoms. The van der Waals surface area contributed by atoms with Crippen LogP contribution in [-0.4, -0.2) is 48.4 Å². The van der Waals surface area contributed by atoms with Gasteiger partial charge in [-0.05, 0) is 37.0 Å². The molecule has 1 saturated carbocycles. The highest BCUT2D eigenvalue weighted by molar-refractivity contribution is 6.08. The number of aliphatic hydroxyl groups excluding tert-OH is 1. The maximum Gasteiger partial charge on any atom is 0.252 e. The number of benzene rings is 2. The standard InChI is InChI=1S/C25H30N4O4/c1-3-15-6-4-5-7-20(15)29-24-18-10-23(33-14-17(30)12-27-16-8-9-16)22(32-2)11-21(18)28-13-19(24)25(26)31/h4-7,10-11,13,16-17,27,30H,3,8-9,12,14H2,1-2H3,(H2,26,31)(H,28,29)/t17-/m1/s1. The highest BCUT2D eigenvalue weighted by Crippen LogP contribution is 2.37. The van der Waals surface area contributed by atoms with Crippen molar-refractivity contribution in [3.8, 4) is 11.5 Å². The van der Waals surface area contributed by atoms with Crippen LogP contribution in [0.4, 0.5) is 11.4 Å². The number of pyridine rings is 1. The molecule has 0 aliphatic heterocycles. The number of hydrogen-bond donors (Lipinski definition) is 4. The molecule has 0 unspecified atom stereocenters. The van der Waals surface area contributed by atoms with Crippen LogP contribution in [0.15, 0.2) is 42.6 Å². The Balaban J connectivity index is 1.70. The van der Waals surface area contributed by atoms with Crippen molar-refractivity contribution < 1.29 is 19.4 Å². The topological polar surface area (TPSA) is 119 Å². The van der Waals surface area contributed by atoms with Gasteiger partial charge in [0, 0.05) is 35.9 Å². The van der Waals surface area contributed by atoms with E-state index < -0.39 is 12.0 Å². The zero-order valence-electron chi connectivity index (χ0n) is 18.9. The molecule has 0 spiro atoms. The van der Waals surface area contributed by atoms with Gasteiger partial charge in [-0.3, -0.25) is 9.78 Å². The Kier molecular flexibility index (Phi) is 6.96. The Labute approximate surface area is 193 Å². The lowest BCUT2D eigenvalue weighted by molar-refractivity contribution is 0.100. The van der Waals surface area contributed by atoms with Crippen LogP contribution in [0.2, 0.25) is 0 Å². The minimum Gasteiger partial charge on any atom is -0.493 e. The lowest BCUT2D eigenvalue weighted by Crippen LogP contribution is -2.32. The molecule has 0 radical (unpaired) electrons. The average molecular weight is 451 g/mol. The zero-order chi connectivity index (χ0) is 23.4. The van der Waals surface area contributed by atoms with Crippen LogP contribution in [-0.2, 0) is 6.42 Å². The number of nitrogens with one attached hydrogen (secondary N) is 2. The molecule has 1 aliphatic rings. The molecule has 8 nitrogen and oxygen atoms in total. The summed E-state index contributed by atoms with van der Waals surface area (Å²) in [4.78, 5) is 16.6. The van der Waals surface area contributed by atoms with E-state index >= 15 is 0 Å². The molecule has 1 atom stereocenters. The first-order chi connectivity index (χ1) is 16.0. The lowest BCUT2D eigenvalue weighted by atomic mass is 10.1. The number of ether oxygens (including phenoxy) is 2. The van der Waals surface area contributed by atoms with Gasteiger partial charge < -0.3 is 30.9 Å². The first-order valence-electron chi connectivity index (χ1n) is 11.2. The van der Waals surface area contributed by atoms with E-state index in [4.69, 9.17) is 15.2 Å². The highest BCUT2D eigenvalue weighted by Gasteiger charge is 2.22. The number of aromatic nitrogens is 1. The van der Waals surface area contributed by atoms with Gasteiger partial charge in [-0.25, -0.2) is 0 Å². The Morgan fingerprint density at radius 2 is 2.06 bits per heavy atom. The summed E-state index contributed by atoms with van der Waals surface area (Å²) in [5.41, 5.74) is 9.11. The van der Waals surface area contributed by atoms with E-state index in [1.165, 1.54) is 6.20 Å². The van der Waals surface area contributed by atoms with Gasteiger partial charge >= 0.3 is 0 Å². The Hall–Kier alpha value is -3.36. The van der Waals surface area contributed by atoms with Crippen molar-refractivity contribution in [1.82, 2.24) is 10.3 Å². The summed E-state index contributed by atoms with van der Waals surface area (Å²) in [6.45, 7) is 2.64. The van der Waals surface area contributed by atoms with Gasteiger partial charge in [0.1, 0.15) is 12.7 Å². The fraction of sp³-hybridized carbons (Fsp3) is 0.360. The predicted octanol–water partition coefficient (Wildman–Crippen LogP) is 3.14. The summed E-state index contributed by atoms with van der Waals surface area (Å²) >= 11 is 0. The molecule has 1 aliphatic carbocycles. The second kappa shape index (κ2) is 10.1. The third kappa shape index (κ3) is 5.35. The van der Waals surface area contributed by atoms with Crippen LogP contribution in [0, 0.1) is 0 Å². The Bertz CT molecular complexity index is 1150. The number of aryl methyl sites for hydroxylation is 1. The summed E-state index contributed by atoms with van der Waals surface area (Å²) in [6.07, 6.45) is 3.94. The van der Waals surface area contributed by atoms with Crippen LogP contribution in [0.3, 0.4) is 0 Å². The largest absolute Gasteiger partial charge is 0.493 e. The van der Waals surface area contributed by atoms with Crippen molar-refractivity contribution in [2.24, 2.45) is 5.73 Å². The Morgan fingerprint density at radius 1 is 1.27 bits per heavy atom. The number of rotatable bonds is 11. The minimum absolute atomic E-state index is 0.103. The van der Waals surface area contributed by atoms with Gasteiger partial charge in [-0.1, -0.05) is 25.1 Å². The fourth-order valence-corrected chi connectivity index (χ4v) is 3.71. The summed E-state index contributed by atoms with van der Waals surface area (Å²) in [6, 6.07) is 11.9. The quantitative estimate of drug-likeness (QED) is 0.354. The molecule has 8 heteroatoms. The number of para-hydroxylation sites is 1. The number of nitrogens with zero attached hydrogens (tertiary/aromatic N) is 1. The first-order valence-corrected chi connectivity index (χ1v) is 11.2. The number of carbonyl (C=O) groups is 1. The molecule has 0 bridgehead atoms. The van der Waals surface area contributed by atoms with Crippen LogP contribution in [0.1, 0.15) is 35.7 Å². The number of hydrogen-bond acceptors (Lipinski definition) is 7. The van der Waals surface area contributed by atoms with Crippen molar-refractivity contribution in [3.05, 3.63) is 53.7 Å². The van der Waals surface area contributed by atoms with Crippen LogP contribution in [0.5, 0.6) is 11.5 Å². The summed E-state index contributed by atoms with van der Waals surface area (Å²) in [5.74, 6) is 0.357. The van der Waals surface area contributed by atoms with Gasteiger partial charge in [0.2, 0.25) is 0 Å². The van der Waals surface area contributed by atoms with Crippen molar-refractivity contribution in [2.45, 2.75) is 38.3 Å². The number of anilines is 2. The molecule has 174 valence electrons. The van der Waals surface area contributed by atoms with Gasteiger partial charge in [0.15, 0.2) is 11.5 Å². The highest BCUT2D eigenvalue weighted by atomic mass is 16.5. The number of methoxy groups -OCH3 is 1. The smallest absolute Gasteiger partial charge is 0.252 e. The lowest BCUT2D eigenvalue weighted by Gasteiger charge is -2.18. The number of primary amides is 1. The first kappa shape index (κ1) is 22.8.